The molecule has 69 heavy (non-hydrogen) atoms. The Hall–Kier alpha value is -3.81. The van der Waals surface area contributed by atoms with Crippen molar-refractivity contribution in [1.29, 1.82) is 0 Å². The first-order chi connectivity index (χ1) is 31.2. The van der Waals surface area contributed by atoms with Gasteiger partial charge in [0, 0.05) is 55.8 Å². The van der Waals surface area contributed by atoms with Crippen LogP contribution in [0.1, 0.15) is 108 Å². The van der Waals surface area contributed by atoms with Gasteiger partial charge in [-0.1, -0.05) is 27.7 Å². The summed E-state index contributed by atoms with van der Waals surface area (Å²) in [7, 11) is -15.7. The molecule has 396 valence electrons. The van der Waals surface area contributed by atoms with Crippen LogP contribution in [-0.2, 0) is 75.2 Å². The SMILES string of the molecule is CC(=O)[C@H](C)CC(=O)[C@@H](NC(=O)[C@H](C)CC(=O)[C@H](C)NC(=O)[C@@H](CC(=O)[C@H](C)NC(=O)[C@H](C)CC(=O)[C@@H](NC(=O)[C@H](C)CC(=O)[C@H](C)N)[C@@H](C)OP(=O)(O)O)[C@@H](C)OP(=O)(O)O)[C@@H](C)OP(=O)(O)O. The monoisotopic (exact) mass is 1050 g/mol. The van der Waals surface area contributed by atoms with Crippen molar-refractivity contribution in [2.24, 2.45) is 35.3 Å². The zero-order valence-corrected chi connectivity index (χ0v) is 42.9. The zero-order valence-electron chi connectivity index (χ0n) is 40.2. The van der Waals surface area contributed by atoms with Gasteiger partial charge in [-0.3, -0.25) is 61.5 Å². The standard InChI is InChI=1S/C39H68N5O22P3/c1-17(24(8)45)12-32(49)34(26(10)65-68(58,59)60)43-38(53)19(3)14-30(47)22(6)42-39(54)28(25(9)64-67(55,56)57)16-31(48)23(7)41-36(51)20(4)15-33(50)35(27(11)66-69(61,62)63)44-37(52)18(2)13-29(46)21(5)40/h17-23,25-28,34-35H,12-16,40H2,1-11H3,(H,41,51)(H,42,54)(H,43,53)(H,44,52)(H2,55,56,57)(H2,58,59,60)(H2,61,62,63)/t17-,18-,19-,20-,21+,22+,23+,25-,26-,27-,28+,34+,35+/m1/s1. The minimum absolute atomic E-state index is 0.339. The molecule has 0 saturated carbocycles. The third-order valence-corrected chi connectivity index (χ3v) is 12.5. The largest absolute Gasteiger partial charge is 0.469 e. The van der Waals surface area contributed by atoms with Crippen molar-refractivity contribution in [3.8, 4) is 0 Å². The highest BCUT2D eigenvalue weighted by Gasteiger charge is 2.39. The number of hydrogen-bond donors (Lipinski definition) is 11. The van der Waals surface area contributed by atoms with Crippen LogP contribution in [0.2, 0.25) is 0 Å². The van der Waals surface area contributed by atoms with E-state index in [1.54, 1.807) is 0 Å². The minimum atomic E-state index is -5.31. The molecule has 0 aliphatic rings. The lowest BCUT2D eigenvalue weighted by molar-refractivity contribution is -0.137. The molecule has 0 fully saturated rings. The summed E-state index contributed by atoms with van der Waals surface area (Å²) >= 11 is 0. The molecule has 0 saturated heterocycles. The number of nitrogens with one attached hydrogen (secondary N) is 4. The molecule has 0 aliphatic heterocycles. The average Bonchev–Trinajstić information content (AvgIpc) is 3.17. The topological polar surface area (TPSA) is 445 Å². The van der Waals surface area contributed by atoms with Gasteiger partial charge in [0.15, 0.2) is 23.1 Å². The number of amides is 4. The van der Waals surface area contributed by atoms with Crippen LogP contribution in [0, 0.1) is 29.6 Å². The van der Waals surface area contributed by atoms with E-state index in [9.17, 15) is 91.0 Å². The van der Waals surface area contributed by atoms with Crippen molar-refractivity contribution in [3.63, 3.8) is 0 Å². The Balaban J connectivity index is 6.11. The maximum absolute atomic E-state index is 13.6. The molecule has 0 spiro atoms. The summed E-state index contributed by atoms with van der Waals surface area (Å²) in [5.41, 5.74) is 5.55. The Morgan fingerprint density at radius 2 is 0.710 bits per heavy atom. The highest BCUT2D eigenvalue weighted by atomic mass is 31.2. The Morgan fingerprint density at radius 3 is 1.06 bits per heavy atom. The first-order valence-electron chi connectivity index (χ1n) is 21.5. The third kappa shape index (κ3) is 25.2. The predicted octanol–water partition coefficient (Wildman–Crippen LogP) is -0.648. The van der Waals surface area contributed by atoms with Gasteiger partial charge in [0.1, 0.15) is 23.7 Å². The summed E-state index contributed by atoms with van der Waals surface area (Å²) in [4.78, 5) is 186. The Bertz CT molecular complexity index is 2040. The van der Waals surface area contributed by atoms with Crippen molar-refractivity contribution >= 4 is 81.8 Å². The molecular formula is C39H68N5O22P3. The molecule has 12 N–H and O–H groups in total. The lowest BCUT2D eigenvalue weighted by Gasteiger charge is -2.27. The van der Waals surface area contributed by atoms with Crippen molar-refractivity contribution in [2.45, 2.75) is 157 Å². The van der Waals surface area contributed by atoms with Gasteiger partial charge in [0.25, 0.3) is 0 Å². The van der Waals surface area contributed by atoms with Gasteiger partial charge in [0.2, 0.25) is 23.6 Å². The fourth-order valence-electron chi connectivity index (χ4n) is 6.30. The van der Waals surface area contributed by atoms with Crippen molar-refractivity contribution in [1.82, 2.24) is 21.3 Å². The average molecular weight is 1050 g/mol. The second-order valence-corrected chi connectivity index (χ2v) is 20.9. The molecule has 0 rings (SSSR count). The lowest BCUT2D eigenvalue weighted by Crippen LogP contribution is -2.51. The Kier molecular flexibility index (Phi) is 26.7. The summed E-state index contributed by atoms with van der Waals surface area (Å²) in [6, 6.07) is -7.24. The molecule has 13 atom stereocenters. The second kappa shape index (κ2) is 28.3. The summed E-state index contributed by atoms with van der Waals surface area (Å²) in [5.74, 6) is -14.5. The predicted molar refractivity (Wildman–Crippen MR) is 239 cm³/mol. The molecule has 0 heterocycles. The molecule has 27 nitrogen and oxygen atoms in total. The zero-order chi connectivity index (χ0) is 54.3. The van der Waals surface area contributed by atoms with E-state index in [1.165, 1.54) is 55.4 Å². The first-order valence-corrected chi connectivity index (χ1v) is 26.1. The molecule has 0 aromatic carbocycles. The number of nitrogens with two attached hydrogens (primary N) is 1. The van der Waals surface area contributed by atoms with Crippen LogP contribution in [0.5, 0.6) is 0 Å². The molecule has 4 amide bonds. The number of rotatable bonds is 33. The molecule has 0 aromatic heterocycles. The van der Waals surface area contributed by atoms with Gasteiger partial charge in [-0.05, 0) is 48.5 Å². The van der Waals surface area contributed by atoms with Crippen molar-refractivity contribution in [3.05, 3.63) is 0 Å². The van der Waals surface area contributed by atoms with Crippen molar-refractivity contribution < 1.29 is 105 Å². The number of phosphoric acid groups is 3. The Labute approximate surface area is 399 Å². The van der Waals surface area contributed by atoms with Gasteiger partial charge in [-0.25, -0.2) is 13.7 Å². The van der Waals surface area contributed by atoms with Crippen LogP contribution < -0.4 is 27.0 Å². The van der Waals surface area contributed by atoms with E-state index in [-0.39, 0.29) is 12.2 Å². The second-order valence-electron chi connectivity index (χ2n) is 17.3. The smallest absolute Gasteiger partial charge is 0.346 e. The van der Waals surface area contributed by atoms with E-state index < -0.39 is 180 Å². The van der Waals surface area contributed by atoms with Gasteiger partial charge < -0.3 is 56.4 Å². The molecule has 0 radical (unpaired) electrons. The van der Waals surface area contributed by atoms with Crippen LogP contribution in [0.15, 0.2) is 0 Å². The maximum Gasteiger partial charge on any atom is 0.469 e. The van der Waals surface area contributed by atoms with Crippen LogP contribution in [0.3, 0.4) is 0 Å². The van der Waals surface area contributed by atoms with Gasteiger partial charge in [0.05, 0.1) is 42.4 Å². The number of ketones is 6. The highest BCUT2D eigenvalue weighted by molar-refractivity contribution is 7.46. The molecular weight excluding hydrogens is 983 g/mol. The van der Waals surface area contributed by atoms with Gasteiger partial charge >= 0.3 is 23.5 Å². The quantitative estimate of drug-likeness (QED) is 0.0364. The molecule has 0 aliphatic carbocycles. The number of carbonyl (C=O) groups excluding carboxylic acids is 10. The number of phosphoric ester groups is 3. The van der Waals surface area contributed by atoms with Crippen LogP contribution in [0.25, 0.3) is 0 Å². The summed E-state index contributed by atoms with van der Waals surface area (Å²) in [5, 5.41) is 9.17. The van der Waals surface area contributed by atoms with Crippen LogP contribution >= 0.6 is 23.5 Å². The van der Waals surface area contributed by atoms with E-state index in [0.29, 0.717) is 0 Å². The number of carbonyl (C=O) groups is 10. The fourth-order valence-corrected chi connectivity index (χ4v) is 7.99. The van der Waals surface area contributed by atoms with Crippen molar-refractivity contribution in [2.75, 3.05) is 0 Å². The van der Waals surface area contributed by atoms with Gasteiger partial charge in [-0.15, -0.1) is 0 Å². The van der Waals surface area contributed by atoms with E-state index in [1.807, 2.05) is 0 Å². The van der Waals surface area contributed by atoms with Crippen LogP contribution in [-0.4, -0.2) is 136 Å². The van der Waals surface area contributed by atoms with E-state index in [4.69, 9.17) is 5.73 Å². The molecule has 30 heteroatoms. The van der Waals surface area contributed by atoms with Crippen LogP contribution in [0.4, 0.5) is 0 Å². The fraction of sp³-hybridized carbons (Fsp3) is 0.744. The summed E-state index contributed by atoms with van der Waals surface area (Å²) < 4.78 is 48.7. The highest BCUT2D eigenvalue weighted by Crippen LogP contribution is 2.41. The third-order valence-electron chi connectivity index (χ3n) is 10.7. The van der Waals surface area contributed by atoms with E-state index in [0.717, 1.165) is 20.8 Å². The Morgan fingerprint density at radius 1 is 0.420 bits per heavy atom. The maximum atomic E-state index is 13.6. The number of hydrogen-bond acceptors (Lipinski definition) is 17. The minimum Gasteiger partial charge on any atom is -0.346 e. The summed E-state index contributed by atoms with van der Waals surface area (Å²) in [6.45, 7) is 13.4. The van der Waals surface area contributed by atoms with Gasteiger partial charge in [-0.2, -0.15) is 0 Å². The van der Waals surface area contributed by atoms with E-state index in [2.05, 4.69) is 34.8 Å². The summed E-state index contributed by atoms with van der Waals surface area (Å²) in [6.07, 6.45) is -7.95. The molecule has 0 unspecified atom stereocenters. The number of Topliss-reactive ketones (excluding diaryl/α,β-unsaturated/α-hetero) is 6. The first kappa shape index (κ1) is 65.2. The lowest BCUT2D eigenvalue weighted by atomic mass is 9.92. The van der Waals surface area contributed by atoms with E-state index >= 15 is 0 Å². The normalized spacial score (nSPS) is 17.9. The molecule has 0 bridgehead atoms. The molecule has 0 aromatic rings.